The molecular formula is C11H23NO6S. The highest BCUT2D eigenvalue weighted by molar-refractivity contribution is 7.85. The second-order valence-electron chi connectivity index (χ2n) is 5.39. The van der Waals surface area contributed by atoms with Crippen molar-refractivity contribution >= 4 is 16.2 Å². The standard InChI is InChI=1S/C10H19NO3.CH4O3S/c1-10(2,3)14-9(13)11-6-4-5-8(11)7-12;1-5(2,3)4/h8,12H,4-7H2,1-3H3;1H3,(H,2,3,4)/t8-;/m1./s1. The lowest BCUT2D eigenvalue weighted by atomic mass is 10.2. The average molecular weight is 297 g/mol. The molecule has 1 rings (SSSR count). The van der Waals surface area contributed by atoms with E-state index in [0.717, 1.165) is 12.8 Å². The van der Waals surface area contributed by atoms with E-state index < -0.39 is 15.7 Å². The summed E-state index contributed by atoms with van der Waals surface area (Å²) in [4.78, 5) is 13.2. The van der Waals surface area contributed by atoms with Gasteiger partial charge in [-0.2, -0.15) is 8.42 Å². The van der Waals surface area contributed by atoms with Gasteiger partial charge in [-0.15, -0.1) is 0 Å². The Morgan fingerprint density at radius 3 is 2.26 bits per heavy atom. The van der Waals surface area contributed by atoms with Crippen LogP contribution in [0, 0.1) is 0 Å². The molecule has 0 aliphatic carbocycles. The molecule has 19 heavy (non-hydrogen) atoms. The van der Waals surface area contributed by atoms with Crippen LogP contribution in [0.5, 0.6) is 0 Å². The van der Waals surface area contributed by atoms with Gasteiger partial charge in [-0.25, -0.2) is 4.79 Å². The van der Waals surface area contributed by atoms with Gasteiger partial charge in [0, 0.05) is 6.54 Å². The number of aliphatic hydroxyl groups is 1. The van der Waals surface area contributed by atoms with Gasteiger partial charge >= 0.3 is 6.09 Å². The Labute approximate surface area is 114 Å². The lowest BCUT2D eigenvalue weighted by molar-refractivity contribution is 0.0176. The fraction of sp³-hybridized carbons (Fsp3) is 0.909. The summed E-state index contributed by atoms with van der Waals surface area (Å²) in [5, 5.41) is 9.03. The van der Waals surface area contributed by atoms with Crippen molar-refractivity contribution in [3.05, 3.63) is 0 Å². The van der Waals surface area contributed by atoms with Crippen LogP contribution in [-0.4, -0.2) is 60.1 Å². The minimum absolute atomic E-state index is 0.0270. The molecule has 1 amide bonds. The van der Waals surface area contributed by atoms with Gasteiger partial charge in [0.25, 0.3) is 10.1 Å². The molecule has 0 radical (unpaired) electrons. The third kappa shape index (κ3) is 9.69. The summed E-state index contributed by atoms with van der Waals surface area (Å²) < 4.78 is 31.1. The lowest BCUT2D eigenvalue weighted by Crippen LogP contribution is -2.41. The van der Waals surface area contributed by atoms with Crippen molar-refractivity contribution in [2.24, 2.45) is 0 Å². The summed E-state index contributed by atoms with van der Waals surface area (Å²) in [6.07, 6.45) is 2.22. The molecule has 1 heterocycles. The molecule has 0 bridgehead atoms. The first kappa shape index (κ1) is 18.1. The number of hydrogen-bond acceptors (Lipinski definition) is 5. The van der Waals surface area contributed by atoms with E-state index in [2.05, 4.69) is 0 Å². The fourth-order valence-electron chi connectivity index (χ4n) is 1.59. The van der Waals surface area contributed by atoms with Crippen molar-refractivity contribution in [3.8, 4) is 0 Å². The summed E-state index contributed by atoms with van der Waals surface area (Å²) >= 11 is 0. The smallest absolute Gasteiger partial charge is 0.410 e. The number of rotatable bonds is 1. The number of likely N-dealkylation sites (tertiary alicyclic amines) is 1. The van der Waals surface area contributed by atoms with Crippen molar-refractivity contribution in [2.75, 3.05) is 19.4 Å². The minimum Gasteiger partial charge on any atom is -0.444 e. The topological polar surface area (TPSA) is 104 Å². The van der Waals surface area contributed by atoms with E-state index in [0.29, 0.717) is 12.8 Å². The summed E-state index contributed by atoms with van der Waals surface area (Å²) in [6, 6.07) is -0.0511. The van der Waals surface area contributed by atoms with Gasteiger partial charge in [0.2, 0.25) is 0 Å². The second-order valence-corrected chi connectivity index (χ2v) is 6.85. The van der Waals surface area contributed by atoms with Gasteiger partial charge in [-0.1, -0.05) is 0 Å². The number of aliphatic hydroxyl groups excluding tert-OH is 1. The number of amides is 1. The monoisotopic (exact) mass is 297 g/mol. The van der Waals surface area contributed by atoms with Crippen LogP contribution < -0.4 is 0 Å². The molecule has 7 nitrogen and oxygen atoms in total. The average Bonchev–Trinajstić information content (AvgIpc) is 2.59. The van der Waals surface area contributed by atoms with Crippen molar-refractivity contribution in [1.29, 1.82) is 0 Å². The zero-order valence-electron chi connectivity index (χ0n) is 11.8. The van der Waals surface area contributed by atoms with E-state index in [1.165, 1.54) is 0 Å². The van der Waals surface area contributed by atoms with Gasteiger partial charge in [-0.05, 0) is 33.6 Å². The Kier molecular flexibility index (Phi) is 6.74. The first-order chi connectivity index (χ1) is 8.44. The van der Waals surface area contributed by atoms with E-state index in [-0.39, 0.29) is 18.7 Å². The minimum atomic E-state index is -3.67. The zero-order chi connectivity index (χ0) is 15.3. The molecule has 1 atom stereocenters. The summed E-state index contributed by atoms with van der Waals surface area (Å²) in [5.74, 6) is 0. The molecule has 1 aliphatic heterocycles. The Bertz CT molecular complexity index is 378. The van der Waals surface area contributed by atoms with E-state index >= 15 is 0 Å². The van der Waals surface area contributed by atoms with Crippen LogP contribution >= 0.6 is 0 Å². The predicted molar refractivity (Wildman–Crippen MR) is 70.5 cm³/mol. The molecule has 0 spiro atoms. The van der Waals surface area contributed by atoms with Crippen molar-refractivity contribution < 1.29 is 27.6 Å². The molecule has 2 N–H and O–H groups in total. The maximum absolute atomic E-state index is 11.6. The van der Waals surface area contributed by atoms with Crippen molar-refractivity contribution in [3.63, 3.8) is 0 Å². The highest BCUT2D eigenvalue weighted by Crippen LogP contribution is 2.20. The van der Waals surface area contributed by atoms with Crippen LogP contribution in [0.2, 0.25) is 0 Å². The van der Waals surface area contributed by atoms with Crippen LogP contribution in [-0.2, 0) is 14.9 Å². The number of ether oxygens (including phenoxy) is 1. The van der Waals surface area contributed by atoms with E-state index in [4.69, 9.17) is 14.4 Å². The SMILES string of the molecule is CC(C)(C)OC(=O)N1CCC[C@@H]1CO.CS(=O)(=O)O. The maximum atomic E-state index is 11.6. The van der Waals surface area contributed by atoms with Crippen LogP contribution in [0.25, 0.3) is 0 Å². The third-order valence-corrected chi connectivity index (χ3v) is 2.22. The molecule has 0 saturated carbocycles. The number of nitrogens with zero attached hydrogens (tertiary/aromatic N) is 1. The molecule has 114 valence electrons. The van der Waals surface area contributed by atoms with E-state index in [9.17, 15) is 13.2 Å². The number of carbonyl (C=O) groups excluding carboxylic acids is 1. The van der Waals surface area contributed by atoms with Gasteiger partial charge < -0.3 is 14.7 Å². The summed E-state index contributed by atoms with van der Waals surface area (Å²) in [7, 11) is -3.67. The van der Waals surface area contributed by atoms with Crippen LogP contribution in [0.3, 0.4) is 0 Å². The first-order valence-electron chi connectivity index (χ1n) is 5.97. The molecule has 1 fully saturated rings. The third-order valence-electron chi connectivity index (χ3n) is 2.22. The van der Waals surface area contributed by atoms with E-state index in [1.807, 2.05) is 20.8 Å². The van der Waals surface area contributed by atoms with Gasteiger partial charge in [0.15, 0.2) is 0 Å². The normalized spacial score (nSPS) is 19.7. The first-order valence-corrected chi connectivity index (χ1v) is 7.82. The molecule has 0 unspecified atom stereocenters. The van der Waals surface area contributed by atoms with Crippen molar-refractivity contribution in [1.82, 2.24) is 4.90 Å². The highest BCUT2D eigenvalue weighted by Gasteiger charge is 2.31. The zero-order valence-corrected chi connectivity index (χ0v) is 12.6. The molecule has 0 aromatic carbocycles. The predicted octanol–water partition coefficient (Wildman–Crippen LogP) is 0.882. The molecular weight excluding hydrogens is 274 g/mol. The molecule has 1 saturated heterocycles. The van der Waals surface area contributed by atoms with Crippen molar-refractivity contribution in [2.45, 2.75) is 45.3 Å². The molecule has 8 heteroatoms. The van der Waals surface area contributed by atoms with Gasteiger partial charge in [-0.3, -0.25) is 4.55 Å². The molecule has 0 aromatic rings. The van der Waals surface area contributed by atoms with Gasteiger partial charge in [0.05, 0.1) is 18.9 Å². The Morgan fingerprint density at radius 2 is 1.89 bits per heavy atom. The molecule has 0 aromatic heterocycles. The Balaban J connectivity index is 0.000000555. The summed E-state index contributed by atoms with van der Waals surface area (Å²) in [5.41, 5.74) is -0.459. The largest absolute Gasteiger partial charge is 0.444 e. The number of carbonyl (C=O) groups is 1. The highest BCUT2D eigenvalue weighted by atomic mass is 32.2. The molecule has 1 aliphatic rings. The summed E-state index contributed by atoms with van der Waals surface area (Å²) in [6.45, 7) is 6.25. The van der Waals surface area contributed by atoms with Crippen LogP contribution in [0.4, 0.5) is 4.79 Å². The Morgan fingerprint density at radius 1 is 1.42 bits per heavy atom. The number of hydrogen-bond donors (Lipinski definition) is 2. The second kappa shape index (κ2) is 7.06. The van der Waals surface area contributed by atoms with E-state index in [1.54, 1.807) is 4.90 Å². The maximum Gasteiger partial charge on any atom is 0.410 e. The lowest BCUT2D eigenvalue weighted by Gasteiger charge is -2.27. The fourth-order valence-corrected chi connectivity index (χ4v) is 1.59. The quantitative estimate of drug-likeness (QED) is 0.696. The van der Waals surface area contributed by atoms with Crippen LogP contribution in [0.15, 0.2) is 0 Å². The van der Waals surface area contributed by atoms with Gasteiger partial charge in [0.1, 0.15) is 5.60 Å². The van der Waals surface area contributed by atoms with Crippen LogP contribution in [0.1, 0.15) is 33.6 Å². The Hall–Kier alpha value is -0.860.